The first-order valence-electron chi connectivity index (χ1n) is 7.69. The Balaban J connectivity index is 1.53. The van der Waals surface area contributed by atoms with Crippen molar-refractivity contribution in [3.63, 3.8) is 0 Å². The van der Waals surface area contributed by atoms with Crippen molar-refractivity contribution in [2.45, 2.75) is 25.5 Å². The molecule has 1 saturated heterocycles. The molecule has 0 spiro atoms. The highest BCUT2D eigenvalue weighted by molar-refractivity contribution is 9.10. The van der Waals surface area contributed by atoms with Gasteiger partial charge in [0.05, 0.1) is 0 Å². The lowest BCUT2D eigenvalue weighted by Crippen LogP contribution is -2.45. The first-order chi connectivity index (χ1) is 11.2. The third-order valence-corrected chi connectivity index (χ3v) is 4.19. The highest BCUT2D eigenvalue weighted by Crippen LogP contribution is 2.19. The predicted octanol–water partition coefficient (Wildman–Crippen LogP) is 3.10. The number of nitrogens with one attached hydrogen (secondary N) is 2. The van der Waals surface area contributed by atoms with Gasteiger partial charge in [0.2, 0.25) is 0 Å². The van der Waals surface area contributed by atoms with Crippen molar-refractivity contribution >= 4 is 21.8 Å². The molecule has 122 valence electrons. The van der Waals surface area contributed by atoms with Crippen LogP contribution in [0.25, 0.3) is 0 Å². The predicted molar refractivity (Wildman–Crippen MR) is 90.5 cm³/mol. The summed E-state index contributed by atoms with van der Waals surface area (Å²) in [6, 6.07) is 11.2. The zero-order chi connectivity index (χ0) is 16.1. The highest BCUT2D eigenvalue weighted by Gasteiger charge is 2.18. The number of furan rings is 1. The third kappa shape index (κ3) is 4.59. The van der Waals surface area contributed by atoms with Crippen LogP contribution in [0.4, 0.5) is 0 Å². The fourth-order valence-corrected chi connectivity index (χ4v) is 2.90. The van der Waals surface area contributed by atoms with E-state index in [1.807, 2.05) is 24.3 Å². The summed E-state index contributed by atoms with van der Waals surface area (Å²) in [5.74, 6) is 1.52. The lowest BCUT2D eigenvalue weighted by molar-refractivity contribution is 0.0898. The molecule has 6 heteroatoms. The molecule has 0 unspecified atom stereocenters. The van der Waals surface area contributed by atoms with Gasteiger partial charge in [-0.3, -0.25) is 4.79 Å². The number of rotatable bonds is 5. The van der Waals surface area contributed by atoms with E-state index in [0.29, 0.717) is 11.5 Å². The van der Waals surface area contributed by atoms with Crippen LogP contribution in [0.3, 0.4) is 0 Å². The van der Waals surface area contributed by atoms with E-state index in [0.717, 1.165) is 36.2 Å². The van der Waals surface area contributed by atoms with Crippen molar-refractivity contribution in [2.75, 3.05) is 13.1 Å². The van der Waals surface area contributed by atoms with Crippen molar-refractivity contribution in [1.82, 2.24) is 10.6 Å². The van der Waals surface area contributed by atoms with E-state index in [2.05, 4.69) is 26.6 Å². The molecular formula is C17H19BrN2O3. The molecule has 1 aromatic heterocycles. The van der Waals surface area contributed by atoms with Gasteiger partial charge in [0.15, 0.2) is 5.76 Å². The maximum absolute atomic E-state index is 12.2. The molecule has 1 atom stereocenters. The summed E-state index contributed by atoms with van der Waals surface area (Å²) in [6.07, 6.45) is 2.08. The quantitative estimate of drug-likeness (QED) is 0.838. The molecule has 1 amide bonds. The average Bonchev–Trinajstić information content (AvgIpc) is 3.03. The summed E-state index contributed by atoms with van der Waals surface area (Å²) in [6.45, 7) is 2.12. The molecule has 1 aromatic carbocycles. The van der Waals surface area contributed by atoms with Gasteiger partial charge in [0.1, 0.15) is 18.1 Å². The van der Waals surface area contributed by atoms with Crippen LogP contribution in [-0.4, -0.2) is 25.0 Å². The van der Waals surface area contributed by atoms with Gasteiger partial charge in [0, 0.05) is 17.1 Å². The number of ether oxygens (including phenoxy) is 1. The minimum atomic E-state index is -0.174. The van der Waals surface area contributed by atoms with Crippen LogP contribution in [0.1, 0.15) is 29.2 Å². The lowest BCUT2D eigenvalue weighted by Gasteiger charge is -2.23. The molecule has 23 heavy (non-hydrogen) atoms. The average molecular weight is 379 g/mol. The number of carbonyl (C=O) groups is 1. The Labute approximate surface area is 143 Å². The molecule has 2 heterocycles. The Kier molecular flexibility index (Phi) is 5.35. The topological polar surface area (TPSA) is 63.5 Å². The highest BCUT2D eigenvalue weighted by atomic mass is 79.9. The van der Waals surface area contributed by atoms with E-state index < -0.39 is 0 Å². The molecule has 1 aliphatic heterocycles. The van der Waals surface area contributed by atoms with Gasteiger partial charge in [-0.2, -0.15) is 0 Å². The molecule has 0 bridgehead atoms. The third-order valence-electron chi connectivity index (χ3n) is 3.69. The zero-order valence-corrected chi connectivity index (χ0v) is 14.3. The van der Waals surface area contributed by atoms with E-state index >= 15 is 0 Å². The first kappa shape index (κ1) is 16.1. The summed E-state index contributed by atoms with van der Waals surface area (Å²) in [7, 11) is 0. The van der Waals surface area contributed by atoms with Gasteiger partial charge in [-0.15, -0.1) is 0 Å². The Morgan fingerprint density at radius 1 is 1.39 bits per heavy atom. The number of hydrogen-bond donors (Lipinski definition) is 2. The van der Waals surface area contributed by atoms with Crippen LogP contribution in [-0.2, 0) is 6.61 Å². The molecule has 2 aromatic rings. The van der Waals surface area contributed by atoms with E-state index in [1.54, 1.807) is 12.1 Å². The van der Waals surface area contributed by atoms with Crippen LogP contribution in [0.15, 0.2) is 45.3 Å². The summed E-state index contributed by atoms with van der Waals surface area (Å²) in [4.78, 5) is 12.2. The number of halogens is 1. The van der Waals surface area contributed by atoms with Gasteiger partial charge in [-0.1, -0.05) is 22.0 Å². The number of benzene rings is 1. The van der Waals surface area contributed by atoms with Gasteiger partial charge in [-0.25, -0.2) is 0 Å². The standard InChI is InChI=1S/C17H19BrN2O3/c18-12-3-1-5-14(9-12)22-11-15-6-7-16(23-15)17(21)20-13-4-2-8-19-10-13/h1,3,5-7,9,13,19H,2,4,8,10-11H2,(H,20,21)/t13-/m0/s1. The number of hydrogen-bond acceptors (Lipinski definition) is 4. The van der Waals surface area contributed by atoms with Crippen molar-refractivity contribution < 1.29 is 13.9 Å². The van der Waals surface area contributed by atoms with E-state index in [4.69, 9.17) is 9.15 Å². The second-order valence-electron chi connectivity index (χ2n) is 5.53. The minimum absolute atomic E-state index is 0.169. The maximum Gasteiger partial charge on any atom is 0.287 e. The second-order valence-corrected chi connectivity index (χ2v) is 6.44. The molecule has 0 radical (unpaired) electrons. The lowest BCUT2D eigenvalue weighted by atomic mass is 10.1. The SMILES string of the molecule is O=C(N[C@H]1CCCNC1)c1ccc(COc2cccc(Br)c2)o1. The van der Waals surface area contributed by atoms with Crippen molar-refractivity contribution in [3.05, 3.63) is 52.4 Å². The van der Waals surface area contributed by atoms with Crippen LogP contribution in [0.2, 0.25) is 0 Å². The Morgan fingerprint density at radius 2 is 2.30 bits per heavy atom. The van der Waals surface area contributed by atoms with E-state index in [1.165, 1.54) is 0 Å². The van der Waals surface area contributed by atoms with E-state index in [-0.39, 0.29) is 18.6 Å². The molecule has 0 aliphatic carbocycles. The minimum Gasteiger partial charge on any atom is -0.486 e. The van der Waals surface area contributed by atoms with Crippen LogP contribution in [0, 0.1) is 0 Å². The molecule has 5 nitrogen and oxygen atoms in total. The fraction of sp³-hybridized carbons (Fsp3) is 0.353. The molecule has 1 aliphatic rings. The Morgan fingerprint density at radius 3 is 3.09 bits per heavy atom. The second kappa shape index (κ2) is 7.66. The number of piperidine rings is 1. The Hall–Kier alpha value is -1.79. The number of amides is 1. The van der Waals surface area contributed by atoms with Crippen molar-refractivity contribution in [3.8, 4) is 5.75 Å². The smallest absolute Gasteiger partial charge is 0.287 e. The molecule has 3 rings (SSSR count). The molecule has 2 N–H and O–H groups in total. The maximum atomic E-state index is 12.2. The summed E-state index contributed by atoms with van der Waals surface area (Å²) in [5, 5.41) is 6.26. The Bertz CT molecular complexity index is 665. The molecular weight excluding hydrogens is 360 g/mol. The van der Waals surface area contributed by atoms with Crippen LogP contribution in [0.5, 0.6) is 5.75 Å². The van der Waals surface area contributed by atoms with Crippen molar-refractivity contribution in [2.24, 2.45) is 0 Å². The van der Waals surface area contributed by atoms with E-state index in [9.17, 15) is 4.79 Å². The summed E-state index contributed by atoms with van der Waals surface area (Å²) >= 11 is 3.40. The van der Waals surface area contributed by atoms with Gasteiger partial charge in [0.25, 0.3) is 5.91 Å². The van der Waals surface area contributed by atoms with Crippen molar-refractivity contribution in [1.29, 1.82) is 0 Å². The first-order valence-corrected chi connectivity index (χ1v) is 8.49. The van der Waals surface area contributed by atoms with Gasteiger partial charge < -0.3 is 19.8 Å². The van der Waals surface area contributed by atoms with Crippen LogP contribution < -0.4 is 15.4 Å². The van der Waals surface area contributed by atoms with Gasteiger partial charge in [-0.05, 0) is 49.7 Å². The largest absolute Gasteiger partial charge is 0.486 e. The molecule has 1 fully saturated rings. The van der Waals surface area contributed by atoms with Crippen LogP contribution >= 0.6 is 15.9 Å². The zero-order valence-electron chi connectivity index (χ0n) is 12.7. The summed E-state index contributed by atoms with van der Waals surface area (Å²) in [5.41, 5.74) is 0. The monoisotopic (exact) mass is 378 g/mol. The molecule has 0 saturated carbocycles. The summed E-state index contributed by atoms with van der Waals surface area (Å²) < 4.78 is 12.2. The van der Waals surface area contributed by atoms with Gasteiger partial charge >= 0.3 is 0 Å². The fourth-order valence-electron chi connectivity index (χ4n) is 2.52. The number of carbonyl (C=O) groups excluding carboxylic acids is 1. The normalized spacial score (nSPS) is 17.7.